The highest BCUT2D eigenvalue weighted by atomic mass is 32.2. The van der Waals surface area contributed by atoms with Crippen LogP contribution in [-0.2, 0) is 16.6 Å². The van der Waals surface area contributed by atoms with Gasteiger partial charge in [0.15, 0.2) is 0 Å². The Balaban J connectivity index is 1.47. The molecule has 9 nitrogen and oxygen atoms in total. The smallest absolute Gasteiger partial charge is 0.262 e. The zero-order valence-corrected chi connectivity index (χ0v) is 21.0. The number of methoxy groups -OCH3 is 1. The minimum atomic E-state index is -4.03. The molecule has 0 spiro atoms. The van der Waals surface area contributed by atoms with Gasteiger partial charge in [0, 0.05) is 24.8 Å². The molecule has 1 N–H and O–H groups in total. The van der Waals surface area contributed by atoms with Gasteiger partial charge in [-0.3, -0.25) is 14.1 Å². The number of aromatic nitrogens is 3. The zero-order valence-electron chi connectivity index (χ0n) is 20.2. The summed E-state index contributed by atoms with van der Waals surface area (Å²) in [6, 6.07) is 11.4. The molecule has 2 aromatic carbocycles. The number of hydrogen-bond donors (Lipinski definition) is 1. The van der Waals surface area contributed by atoms with Gasteiger partial charge < -0.3 is 9.64 Å². The Morgan fingerprint density at radius 1 is 1.00 bits per heavy atom. The van der Waals surface area contributed by atoms with E-state index in [9.17, 15) is 17.6 Å². The molecule has 192 valence electrons. The number of hydrogen-bond acceptors (Lipinski definition) is 7. The average molecular weight is 524 g/mol. The standard InChI is InChI=1S/C26H26FN5O4S/c1-36-25-24(30-37(34,35)21-7-5-20(27)6-8-21)15-19(16-28-25)18-4-9-23-22(14-18)26(33)32(17-29-23)13-12-31-10-2-3-11-31/h4-9,14-17,30H,2-3,10-13H2,1H3. The summed E-state index contributed by atoms with van der Waals surface area (Å²) < 4.78 is 48.3. The Hall–Kier alpha value is -3.83. The third kappa shape index (κ3) is 5.32. The van der Waals surface area contributed by atoms with Crippen molar-refractivity contribution in [2.75, 3.05) is 31.5 Å². The molecule has 0 atom stereocenters. The normalized spacial score (nSPS) is 14.2. The molecule has 2 aromatic heterocycles. The molecule has 1 fully saturated rings. The summed E-state index contributed by atoms with van der Waals surface area (Å²) in [5.41, 5.74) is 1.79. The second-order valence-corrected chi connectivity index (χ2v) is 10.5. The van der Waals surface area contributed by atoms with E-state index < -0.39 is 15.8 Å². The number of nitrogens with zero attached hydrogens (tertiary/aromatic N) is 4. The van der Waals surface area contributed by atoms with E-state index in [1.165, 1.54) is 38.3 Å². The summed E-state index contributed by atoms with van der Waals surface area (Å²) in [4.78, 5) is 24.1. The molecule has 3 heterocycles. The van der Waals surface area contributed by atoms with Crippen molar-refractivity contribution in [2.45, 2.75) is 24.3 Å². The molecule has 0 radical (unpaired) electrons. The number of halogens is 1. The number of pyridine rings is 1. The predicted molar refractivity (Wildman–Crippen MR) is 139 cm³/mol. The van der Waals surface area contributed by atoms with E-state index in [0.29, 0.717) is 28.6 Å². The van der Waals surface area contributed by atoms with Crippen LogP contribution in [0.25, 0.3) is 22.0 Å². The number of sulfonamides is 1. The maximum atomic E-state index is 13.3. The Labute approximate surface area is 213 Å². The number of ether oxygens (including phenoxy) is 1. The van der Waals surface area contributed by atoms with Crippen LogP contribution in [0, 0.1) is 5.82 Å². The molecular formula is C26H26FN5O4S. The minimum absolute atomic E-state index is 0.0705. The monoisotopic (exact) mass is 523 g/mol. The molecule has 37 heavy (non-hydrogen) atoms. The van der Waals surface area contributed by atoms with Gasteiger partial charge in [0.1, 0.15) is 11.5 Å². The third-order valence-corrected chi connectivity index (χ3v) is 7.81. The van der Waals surface area contributed by atoms with E-state index in [-0.39, 0.29) is 22.0 Å². The van der Waals surface area contributed by atoms with Crippen LogP contribution in [0.15, 0.2) is 70.7 Å². The van der Waals surface area contributed by atoms with Gasteiger partial charge in [0.2, 0.25) is 5.88 Å². The van der Waals surface area contributed by atoms with Crippen LogP contribution in [0.1, 0.15) is 12.8 Å². The molecule has 1 aliphatic heterocycles. The highest BCUT2D eigenvalue weighted by Gasteiger charge is 2.19. The van der Waals surface area contributed by atoms with Crippen molar-refractivity contribution < 1.29 is 17.5 Å². The van der Waals surface area contributed by atoms with Crippen molar-refractivity contribution in [3.05, 3.63) is 77.2 Å². The minimum Gasteiger partial charge on any atom is -0.480 e. The fraction of sp³-hybridized carbons (Fsp3) is 0.269. The summed E-state index contributed by atoms with van der Waals surface area (Å²) in [5, 5.41) is 0.464. The quantitative estimate of drug-likeness (QED) is 0.377. The lowest BCUT2D eigenvalue weighted by Gasteiger charge is -2.15. The Bertz CT molecular complexity index is 1600. The van der Waals surface area contributed by atoms with Crippen LogP contribution in [0.2, 0.25) is 0 Å². The molecular weight excluding hydrogens is 497 g/mol. The fourth-order valence-corrected chi connectivity index (χ4v) is 5.46. The van der Waals surface area contributed by atoms with E-state index in [4.69, 9.17) is 4.74 Å². The molecule has 0 amide bonds. The number of likely N-dealkylation sites (tertiary alicyclic amines) is 1. The Morgan fingerprint density at radius 3 is 2.49 bits per heavy atom. The van der Waals surface area contributed by atoms with Gasteiger partial charge >= 0.3 is 0 Å². The molecule has 1 saturated heterocycles. The maximum Gasteiger partial charge on any atom is 0.262 e. The highest BCUT2D eigenvalue weighted by molar-refractivity contribution is 7.92. The number of benzene rings is 2. The molecule has 5 rings (SSSR count). The summed E-state index contributed by atoms with van der Waals surface area (Å²) >= 11 is 0. The van der Waals surface area contributed by atoms with Crippen LogP contribution in [-0.4, -0.2) is 54.6 Å². The molecule has 0 unspecified atom stereocenters. The first-order chi connectivity index (χ1) is 17.8. The first-order valence-electron chi connectivity index (χ1n) is 11.9. The van der Waals surface area contributed by atoms with Gasteiger partial charge in [0.05, 0.1) is 29.2 Å². The number of nitrogens with one attached hydrogen (secondary N) is 1. The van der Waals surface area contributed by atoms with Crippen molar-refractivity contribution >= 4 is 26.6 Å². The first kappa shape index (κ1) is 24.8. The zero-order chi connectivity index (χ0) is 26.0. The van der Waals surface area contributed by atoms with Crippen molar-refractivity contribution in [3.8, 4) is 17.0 Å². The fourth-order valence-electron chi connectivity index (χ4n) is 4.42. The maximum absolute atomic E-state index is 13.3. The van der Waals surface area contributed by atoms with Gasteiger partial charge in [-0.25, -0.2) is 22.8 Å². The van der Waals surface area contributed by atoms with Crippen LogP contribution < -0.4 is 15.0 Å². The molecule has 4 aromatic rings. The van der Waals surface area contributed by atoms with Crippen LogP contribution in [0.4, 0.5) is 10.1 Å². The van der Waals surface area contributed by atoms with Gasteiger partial charge in [-0.2, -0.15) is 0 Å². The van der Waals surface area contributed by atoms with E-state index in [0.717, 1.165) is 31.8 Å². The third-order valence-electron chi connectivity index (χ3n) is 6.43. The van der Waals surface area contributed by atoms with Crippen LogP contribution in [0.5, 0.6) is 5.88 Å². The summed E-state index contributed by atoms with van der Waals surface area (Å²) in [7, 11) is -2.65. The SMILES string of the molecule is COc1ncc(-c2ccc3ncn(CCN4CCCC4)c(=O)c3c2)cc1NS(=O)(=O)c1ccc(F)cc1. The van der Waals surface area contributed by atoms with E-state index in [1.54, 1.807) is 35.2 Å². The van der Waals surface area contributed by atoms with Crippen molar-refractivity contribution in [2.24, 2.45) is 0 Å². The van der Waals surface area contributed by atoms with E-state index in [2.05, 4.69) is 19.6 Å². The van der Waals surface area contributed by atoms with Crippen molar-refractivity contribution in [1.82, 2.24) is 19.4 Å². The van der Waals surface area contributed by atoms with Crippen LogP contribution >= 0.6 is 0 Å². The highest BCUT2D eigenvalue weighted by Crippen LogP contribution is 2.31. The first-order valence-corrected chi connectivity index (χ1v) is 13.4. The molecule has 0 saturated carbocycles. The topological polar surface area (TPSA) is 106 Å². The summed E-state index contributed by atoms with van der Waals surface area (Å²) in [6.45, 7) is 3.47. The van der Waals surface area contributed by atoms with Gasteiger partial charge in [-0.15, -0.1) is 0 Å². The lowest BCUT2D eigenvalue weighted by molar-refractivity contribution is 0.320. The lowest BCUT2D eigenvalue weighted by Crippen LogP contribution is -2.29. The average Bonchev–Trinajstić information content (AvgIpc) is 3.42. The molecule has 0 bridgehead atoms. The largest absolute Gasteiger partial charge is 0.480 e. The number of rotatable bonds is 8. The second kappa shape index (κ2) is 10.3. The summed E-state index contributed by atoms with van der Waals surface area (Å²) in [6.07, 6.45) is 5.49. The number of anilines is 1. The Kier molecular flexibility index (Phi) is 6.90. The molecule has 0 aliphatic carbocycles. The van der Waals surface area contributed by atoms with Gasteiger partial charge in [-0.05, 0) is 74.0 Å². The second-order valence-electron chi connectivity index (χ2n) is 8.86. The van der Waals surface area contributed by atoms with Gasteiger partial charge in [0.25, 0.3) is 15.6 Å². The number of fused-ring (bicyclic) bond motifs is 1. The molecule has 11 heteroatoms. The summed E-state index contributed by atoms with van der Waals surface area (Å²) in [5.74, 6) is -0.470. The Morgan fingerprint density at radius 2 is 1.76 bits per heavy atom. The predicted octanol–water partition coefficient (Wildman–Crippen LogP) is 3.50. The molecule has 1 aliphatic rings. The van der Waals surface area contributed by atoms with E-state index >= 15 is 0 Å². The van der Waals surface area contributed by atoms with Crippen LogP contribution in [0.3, 0.4) is 0 Å². The van der Waals surface area contributed by atoms with Gasteiger partial charge in [-0.1, -0.05) is 6.07 Å². The van der Waals surface area contributed by atoms with Crippen molar-refractivity contribution in [1.29, 1.82) is 0 Å². The van der Waals surface area contributed by atoms with E-state index in [1.807, 2.05) is 0 Å². The lowest BCUT2D eigenvalue weighted by atomic mass is 10.1. The van der Waals surface area contributed by atoms with Crippen molar-refractivity contribution in [3.63, 3.8) is 0 Å².